The summed E-state index contributed by atoms with van der Waals surface area (Å²) in [7, 11) is 0. The first kappa shape index (κ1) is 10.5. The van der Waals surface area contributed by atoms with Gasteiger partial charge in [-0.1, -0.05) is 18.2 Å². The van der Waals surface area contributed by atoms with Gasteiger partial charge in [0.15, 0.2) is 11.5 Å². The van der Waals surface area contributed by atoms with Crippen molar-refractivity contribution in [1.29, 1.82) is 0 Å². The fourth-order valence-electron chi connectivity index (χ4n) is 2.69. The van der Waals surface area contributed by atoms with Gasteiger partial charge in [-0.2, -0.15) is 0 Å². The van der Waals surface area contributed by atoms with Gasteiger partial charge in [0.2, 0.25) is 0 Å². The maximum absolute atomic E-state index is 4.44. The molecule has 1 aromatic carbocycles. The van der Waals surface area contributed by atoms with E-state index in [9.17, 15) is 0 Å². The molecule has 1 N–H and O–H groups in total. The van der Waals surface area contributed by atoms with E-state index in [-0.39, 0.29) is 0 Å². The summed E-state index contributed by atoms with van der Waals surface area (Å²) >= 11 is 0. The number of aromatic amines is 1. The molecule has 1 aliphatic heterocycles. The summed E-state index contributed by atoms with van der Waals surface area (Å²) in [5, 5.41) is 0. The van der Waals surface area contributed by atoms with E-state index in [4.69, 9.17) is 0 Å². The normalized spacial score (nSPS) is 14.1. The molecule has 19 heavy (non-hydrogen) atoms. The molecule has 3 aromatic rings. The summed E-state index contributed by atoms with van der Waals surface area (Å²) in [6, 6.07) is 8.46. The molecular formula is C14H13N5. The van der Waals surface area contributed by atoms with E-state index in [1.165, 1.54) is 11.3 Å². The fourth-order valence-corrected chi connectivity index (χ4v) is 2.69. The van der Waals surface area contributed by atoms with Crippen molar-refractivity contribution < 1.29 is 0 Å². The third-order valence-corrected chi connectivity index (χ3v) is 3.53. The van der Waals surface area contributed by atoms with Gasteiger partial charge in [0.1, 0.15) is 17.7 Å². The molecule has 94 valence electrons. The van der Waals surface area contributed by atoms with Crippen LogP contribution in [-0.4, -0.2) is 26.5 Å². The minimum absolute atomic E-state index is 0.729. The van der Waals surface area contributed by atoms with Crippen LogP contribution < -0.4 is 4.90 Å². The minimum atomic E-state index is 0.729. The summed E-state index contributed by atoms with van der Waals surface area (Å²) in [5.74, 6) is 1.78. The minimum Gasteiger partial charge on any atom is -0.338 e. The van der Waals surface area contributed by atoms with Gasteiger partial charge in [-0.15, -0.1) is 0 Å². The van der Waals surface area contributed by atoms with Crippen LogP contribution in [0, 0.1) is 6.92 Å². The van der Waals surface area contributed by atoms with E-state index in [0.29, 0.717) is 0 Å². The summed E-state index contributed by atoms with van der Waals surface area (Å²) in [4.78, 5) is 18.5. The van der Waals surface area contributed by atoms with Crippen LogP contribution in [0.3, 0.4) is 0 Å². The van der Waals surface area contributed by atoms with Gasteiger partial charge in [0, 0.05) is 12.2 Å². The molecule has 0 bridgehead atoms. The first-order valence-electron chi connectivity index (χ1n) is 6.36. The average molecular weight is 251 g/mol. The van der Waals surface area contributed by atoms with E-state index < -0.39 is 0 Å². The molecule has 0 amide bonds. The zero-order valence-corrected chi connectivity index (χ0v) is 10.6. The highest BCUT2D eigenvalue weighted by atomic mass is 15.2. The number of nitrogens with zero attached hydrogens (tertiary/aromatic N) is 4. The molecule has 0 saturated heterocycles. The first-order chi connectivity index (χ1) is 9.33. The third kappa shape index (κ3) is 1.51. The third-order valence-electron chi connectivity index (χ3n) is 3.53. The number of hydrogen-bond donors (Lipinski definition) is 1. The van der Waals surface area contributed by atoms with E-state index in [0.717, 1.165) is 35.8 Å². The van der Waals surface area contributed by atoms with Crippen molar-refractivity contribution in [2.24, 2.45) is 0 Å². The molecule has 4 rings (SSSR count). The lowest BCUT2D eigenvalue weighted by Gasteiger charge is -2.18. The Bertz CT molecular complexity index is 761. The maximum atomic E-state index is 4.44. The Balaban J connectivity index is 1.92. The molecule has 5 heteroatoms. The lowest BCUT2D eigenvalue weighted by atomic mass is 10.2. The van der Waals surface area contributed by atoms with E-state index in [2.05, 4.69) is 49.1 Å². The molecule has 0 radical (unpaired) electrons. The molecule has 3 heterocycles. The van der Waals surface area contributed by atoms with Crippen molar-refractivity contribution in [3.05, 3.63) is 42.0 Å². The molecular weight excluding hydrogens is 238 g/mol. The van der Waals surface area contributed by atoms with Crippen LogP contribution in [0.2, 0.25) is 0 Å². The predicted molar refractivity (Wildman–Crippen MR) is 73.6 cm³/mol. The first-order valence-corrected chi connectivity index (χ1v) is 6.36. The zero-order valence-electron chi connectivity index (χ0n) is 10.6. The second kappa shape index (κ2) is 3.78. The number of imidazole rings is 1. The fraction of sp³-hybridized carbons (Fsp3) is 0.214. The molecule has 2 aromatic heterocycles. The molecule has 0 unspecified atom stereocenters. The van der Waals surface area contributed by atoms with Gasteiger partial charge in [-0.05, 0) is 25.0 Å². The predicted octanol–water partition coefficient (Wildman–Crippen LogP) is 2.36. The number of hydrogen-bond acceptors (Lipinski definition) is 4. The van der Waals surface area contributed by atoms with Gasteiger partial charge >= 0.3 is 0 Å². The summed E-state index contributed by atoms with van der Waals surface area (Å²) in [5.41, 5.74) is 4.24. The van der Waals surface area contributed by atoms with Gasteiger partial charge in [-0.25, -0.2) is 15.0 Å². The van der Waals surface area contributed by atoms with E-state index in [1.807, 2.05) is 6.92 Å². The largest absolute Gasteiger partial charge is 0.338 e. The monoisotopic (exact) mass is 251 g/mol. The second-order valence-corrected chi connectivity index (χ2v) is 4.75. The van der Waals surface area contributed by atoms with Crippen LogP contribution in [0.4, 0.5) is 11.5 Å². The summed E-state index contributed by atoms with van der Waals surface area (Å²) < 4.78 is 0. The average Bonchev–Trinajstić information content (AvgIpc) is 3.00. The Labute approximate surface area is 110 Å². The molecule has 0 saturated carbocycles. The van der Waals surface area contributed by atoms with Crippen molar-refractivity contribution in [3.8, 4) is 0 Å². The van der Waals surface area contributed by atoms with Crippen molar-refractivity contribution in [3.63, 3.8) is 0 Å². The molecule has 1 aliphatic rings. The highest BCUT2D eigenvalue weighted by Gasteiger charge is 2.23. The number of H-pyrrole nitrogens is 1. The highest BCUT2D eigenvalue weighted by Crippen LogP contribution is 2.35. The standard InChI is InChI=1S/C14H13N5/c1-9-17-12-13(18-9)15-8-16-14(12)19-7-6-10-4-2-3-5-11(10)19/h2-5,8H,6-7H2,1H3,(H,15,16,17,18). The smallest absolute Gasteiger partial charge is 0.183 e. The molecule has 5 nitrogen and oxygen atoms in total. The number of rotatable bonds is 1. The summed E-state index contributed by atoms with van der Waals surface area (Å²) in [6.07, 6.45) is 2.63. The van der Waals surface area contributed by atoms with Crippen LogP contribution in [0.1, 0.15) is 11.4 Å². The highest BCUT2D eigenvalue weighted by molar-refractivity contribution is 5.87. The number of anilines is 2. The van der Waals surface area contributed by atoms with Crippen LogP contribution in [-0.2, 0) is 6.42 Å². The summed E-state index contributed by atoms with van der Waals surface area (Å²) in [6.45, 7) is 2.88. The van der Waals surface area contributed by atoms with Crippen molar-refractivity contribution in [1.82, 2.24) is 19.9 Å². The Hall–Kier alpha value is -2.43. The lowest BCUT2D eigenvalue weighted by Crippen LogP contribution is -2.15. The Morgan fingerprint density at radius 2 is 2.11 bits per heavy atom. The van der Waals surface area contributed by atoms with Gasteiger partial charge in [0.25, 0.3) is 0 Å². The number of nitrogens with one attached hydrogen (secondary N) is 1. The van der Waals surface area contributed by atoms with Gasteiger partial charge in [0.05, 0.1) is 0 Å². The molecule has 0 atom stereocenters. The number of benzene rings is 1. The Kier molecular flexibility index (Phi) is 2.09. The maximum Gasteiger partial charge on any atom is 0.183 e. The van der Waals surface area contributed by atoms with E-state index in [1.54, 1.807) is 6.33 Å². The Morgan fingerprint density at radius 3 is 3.05 bits per heavy atom. The zero-order chi connectivity index (χ0) is 12.8. The molecule has 0 spiro atoms. The molecule has 0 aliphatic carbocycles. The number of aromatic nitrogens is 4. The quantitative estimate of drug-likeness (QED) is 0.721. The number of para-hydroxylation sites is 1. The van der Waals surface area contributed by atoms with Crippen LogP contribution in [0.5, 0.6) is 0 Å². The van der Waals surface area contributed by atoms with Crippen LogP contribution in [0.15, 0.2) is 30.6 Å². The van der Waals surface area contributed by atoms with E-state index >= 15 is 0 Å². The van der Waals surface area contributed by atoms with Crippen molar-refractivity contribution >= 4 is 22.7 Å². The van der Waals surface area contributed by atoms with Gasteiger partial charge in [-0.3, -0.25) is 0 Å². The topological polar surface area (TPSA) is 57.7 Å². The number of fused-ring (bicyclic) bond motifs is 2. The SMILES string of the molecule is Cc1nc2ncnc(N3CCc4ccccc43)c2[nH]1. The number of aryl methyl sites for hydroxylation is 1. The van der Waals surface area contributed by atoms with Crippen LogP contribution >= 0.6 is 0 Å². The van der Waals surface area contributed by atoms with Crippen LogP contribution in [0.25, 0.3) is 11.2 Å². The molecule has 0 fully saturated rings. The van der Waals surface area contributed by atoms with Crippen molar-refractivity contribution in [2.75, 3.05) is 11.4 Å². The Morgan fingerprint density at radius 1 is 1.21 bits per heavy atom. The van der Waals surface area contributed by atoms with Crippen molar-refractivity contribution in [2.45, 2.75) is 13.3 Å². The second-order valence-electron chi connectivity index (χ2n) is 4.75. The van der Waals surface area contributed by atoms with Gasteiger partial charge < -0.3 is 9.88 Å². The lowest BCUT2D eigenvalue weighted by molar-refractivity contribution is 0.972.